The highest BCUT2D eigenvalue weighted by Crippen LogP contribution is 2.47. The van der Waals surface area contributed by atoms with E-state index in [0.29, 0.717) is 23.0 Å². The second-order valence-electron chi connectivity index (χ2n) is 8.80. The van der Waals surface area contributed by atoms with Gasteiger partial charge in [0.15, 0.2) is 0 Å². The summed E-state index contributed by atoms with van der Waals surface area (Å²) in [5.74, 6) is 3.77. The number of thiazole rings is 1. The number of methoxy groups -OCH3 is 1. The molecule has 7 heteroatoms. The number of hydrogen-bond donors (Lipinski definition) is 1. The van der Waals surface area contributed by atoms with Crippen molar-refractivity contribution in [3.8, 4) is 29.4 Å². The van der Waals surface area contributed by atoms with Crippen molar-refractivity contribution in [2.24, 2.45) is 5.92 Å². The van der Waals surface area contributed by atoms with Gasteiger partial charge in [-0.1, -0.05) is 42.5 Å². The van der Waals surface area contributed by atoms with Crippen molar-refractivity contribution in [1.29, 1.82) is 0 Å². The van der Waals surface area contributed by atoms with Gasteiger partial charge in [-0.15, -0.1) is 30.2 Å². The molecule has 0 amide bonds. The summed E-state index contributed by atoms with van der Waals surface area (Å²) in [5, 5.41) is 5.03. The molecule has 1 aliphatic carbocycles. The maximum absolute atomic E-state index is 14.7. The largest absolute Gasteiger partial charge is 0.496 e. The van der Waals surface area contributed by atoms with Gasteiger partial charge in [0.2, 0.25) is 0 Å². The molecule has 3 aromatic rings. The molecule has 4 rings (SSSR count). The fourth-order valence-corrected chi connectivity index (χ4v) is 5.66. The molecule has 0 spiro atoms. The number of hydrogen-bond acceptors (Lipinski definition) is 4. The molecule has 1 atom stereocenters. The van der Waals surface area contributed by atoms with Crippen LogP contribution in [0.15, 0.2) is 30.3 Å². The number of halogens is 3. The predicted octanol–water partition coefficient (Wildman–Crippen LogP) is 7.22. The molecule has 180 valence electrons. The minimum Gasteiger partial charge on any atom is -0.496 e. The Labute approximate surface area is 216 Å². The average Bonchev–Trinajstić information content (AvgIpc) is 3.53. The molecular weight excluding hydrogens is 490 g/mol. The molecule has 0 bridgehead atoms. The summed E-state index contributed by atoms with van der Waals surface area (Å²) in [6.45, 7) is 6.17. The van der Waals surface area contributed by atoms with Crippen molar-refractivity contribution < 1.29 is 9.13 Å². The van der Waals surface area contributed by atoms with Crippen LogP contribution < -0.4 is 10.1 Å². The van der Waals surface area contributed by atoms with Gasteiger partial charge in [-0.05, 0) is 68.0 Å². The lowest BCUT2D eigenvalue weighted by Gasteiger charge is -2.34. The van der Waals surface area contributed by atoms with E-state index >= 15 is 0 Å². The summed E-state index contributed by atoms with van der Waals surface area (Å²) in [6, 6.07) is 9.28. The maximum atomic E-state index is 14.7. The number of ether oxygens (including phenoxy) is 1. The van der Waals surface area contributed by atoms with Crippen molar-refractivity contribution in [3.05, 3.63) is 67.7 Å². The van der Waals surface area contributed by atoms with E-state index in [1.165, 1.54) is 0 Å². The van der Waals surface area contributed by atoms with E-state index in [4.69, 9.17) is 27.7 Å². The van der Waals surface area contributed by atoms with E-state index in [9.17, 15) is 4.39 Å². The van der Waals surface area contributed by atoms with Crippen molar-refractivity contribution in [2.75, 3.05) is 13.7 Å². The Morgan fingerprint density at radius 2 is 1.97 bits per heavy atom. The summed E-state index contributed by atoms with van der Waals surface area (Å²) in [5.41, 5.74) is 3.49. The molecule has 1 N–H and O–H groups in total. The molecule has 0 aliphatic heterocycles. The zero-order valence-corrected chi connectivity index (χ0v) is 22.2. The first kappa shape index (κ1) is 26.5. The van der Waals surface area contributed by atoms with Crippen molar-refractivity contribution >= 4 is 35.3 Å². The Bertz CT molecular complexity index is 1230. The van der Waals surface area contributed by atoms with Gasteiger partial charge >= 0.3 is 0 Å². The van der Waals surface area contributed by atoms with Crippen molar-refractivity contribution in [1.82, 2.24) is 10.3 Å². The quantitative estimate of drug-likeness (QED) is 0.319. The van der Waals surface area contributed by atoms with Crippen LogP contribution in [-0.2, 0) is 5.54 Å². The highest BCUT2D eigenvalue weighted by Gasteiger charge is 2.42. The monoisotopic (exact) mass is 518 g/mol. The summed E-state index contributed by atoms with van der Waals surface area (Å²) in [6.07, 6.45) is 8.79. The zero-order valence-electron chi connectivity index (χ0n) is 19.8. The normalized spacial score (nSPS) is 14.7. The minimum atomic E-state index is -0.663. The molecule has 1 aromatic heterocycles. The maximum Gasteiger partial charge on any atom is 0.126 e. The van der Waals surface area contributed by atoms with E-state index in [2.05, 4.69) is 11.2 Å². The number of benzene rings is 2. The van der Waals surface area contributed by atoms with Gasteiger partial charge < -0.3 is 4.74 Å². The molecule has 1 saturated carbocycles. The molecule has 3 nitrogen and oxygen atoms in total. The van der Waals surface area contributed by atoms with Gasteiger partial charge in [-0.3, -0.25) is 5.32 Å². The second kappa shape index (κ2) is 10.7. The standard InChI is InChI=1S/C27H28ClFN2OS.ClH/c1-6-11-30-27(15-19-8-9-19,20-10-7-16(2)23(29)13-20)26-31-25(18(4)33-26)21-12-17(3)24(32-5)14-22(21)28;/h1,7,10,12-14,19,30H,8-9,11,15H2,2-5H3;1H/t27-;/m0./s1. The summed E-state index contributed by atoms with van der Waals surface area (Å²) in [7, 11) is 1.63. The second-order valence-corrected chi connectivity index (χ2v) is 10.4. The third kappa shape index (κ3) is 5.11. The third-order valence-corrected chi connectivity index (χ3v) is 7.80. The summed E-state index contributed by atoms with van der Waals surface area (Å²) < 4.78 is 20.1. The Balaban J connectivity index is 0.00000324. The molecule has 0 unspecified atom stereocenters. The number of nitrogens with zero attached hydrogens (tertiary/aromatic N) is 1. The van der Waals surface area contributed by atoms with E-state index in [1.54, 1.807) is 31.4 Å². The minimum absolute atomic E-state index is 0. The number of nitrogens with one attached hydrogen (secondary N) is 1. The van der Waals surface area contributed by atoms with Gasteiger partial charge in [0, 0.05) is 10.4 Å². The number of rotatable bonds is 8. The Hall–Kier alpha value is -2.10. The number of aromatic nitrogens is 1. The van der Waals surface area contributed by atoms with Crippen LogP contribution >= 0.6 is 35.3 Å². The molecular formula is C27H29Cl2FN2OS. The van der Waals surface area contributed by atoms with Crippen LogP contribution in [0.2, 0.25) is 5.02 Å². The number of terminal acetylenes is 1. The lowest BCUT2D eigenvalue weighted by molar-refractivity contribution is 0.367. The summed E-state index contributed by atoms with van der Waals surface area (Å²) in [4.78, 5) is 6.16. The van der Waals surface area contributed by atoms with Crippen LogP contribution in [0.25, 0.3) is 11.3 Å². The van der Waals surface area contributed by atoms with Crippen LogP contribution in [-0.4, -0.2) is 18.6 Å². The first-order chi connectivity index (χ1) is 15.8. The third-order valence-electron chi connectivity index (χ3n) is 6.35. The van der Waals surface area contributed by atoms with Crippen LogP contribution in [0.4, 0.5) is 4.39 Å². The molecule has 1 fully saturated rings. The summed E-state index contributed by atoms with van der Waals surface area (Å²) >= 11 is 8.25. The molecule has 2 aromatic carbocycles. The topological polar surface area (TPSA) is 34.2 Å². The highest BCUT2D eigenvalue weighted by atomic mass is 35.5. The fraction of sp³-hybridized carbons (Fsp3) is 0.370. The van der Waals surface area contributed by atoms with Gasteiger partial charge in [-0.2, -0.15) is 0 Å². The van der Waals surface area contributed by atoms with E-state index < -0.39 is 5.54 Å². The number of aryl methyl sites for hydroxylation is 3. The van der Waals surface area contributed by atoms with Gasteiger partial charge in [0.05, 0.1) is 29.9 Å². The van der Waals surface area contributed by atoms with Crippen LogP contribution in [0.5, 0.6) is 5.75 Å². The van der Waals surface area contributed by atoms with E-state index in [1.807, 2.05) is 38.1 Å². The molecule has 1 aliphatic rings. The average molecular weight is 520 g/mol. The first-order valence-electron chi connectivity index (χ1n) is 11.1. The van der Waals surface area contributed by atoms with E-state index in [-0.39, 0.29) is 18.2 Å². The van der Waals surface area contributed by atoms with Gasteiger partial charge in [-0.25, -0.2) is 9.37 Å². The van der Waals surface area contributed by atoms with Crippen LogP contribution in [0, 0.1) is 44.9 Å². The van der Waals surface area contributed by atoms with Crippen LogP contribution in [0.1, 0.15) is 45.8 Å². The van der Waals surface area contributed by atoms with Crippen molar-refractivity contribution in [3.63, 3.8) is 0 Å². The smallest absolute Gasteiger partial charge is 0.126 e. The molecule has 0 saturated heterocycles. The SMILES string of the molecule is C#CCN[C@@](CC1CC1)(c1ccc(C)c(F)c1)c1nc(-c2cc(C)c(OC)cc2Cl)c(C)s1.Cl. The molecule has 34 heavy (non-hydrogen) atoms. The molecule has 1 heterocycles. The van der Waals surface area contributed by atoms with Crippen LogP contribution in [0.3, 0.4) is 0 Å². The lowest BCUT2D eigenvalue weighted by Crippen LogP contribution is -2.44. The Kier molecular flexibility index (Phi) is 8.31. The lowest BCUT2D eigenvalue weighted by atomic mass is 9.84. The van der Waals surface area contributed by atoms with Gasteiger partial charge in [0.25, 0.3) is 0 Å². The molecule has 0 radical (unpaired) electrons. The predicted molar refractivity (Wildman–Crippen MR) is 142 cm³/mol. The Morgan fingerprint density at radius 1 is 1.24 bits per heavy atom. The van der Waals surface area contributed by atoms with Crippen molar-refractivity contribution in [2.45, 2.75) is 45.6 Å². The van der Waals surface area contributed by atoms with E-state index in [0.717, 1.165) is 57.3 Å². The highest BCUT2D eigenvalue weighted by molar-refractivity contribution is 7.12. The fourth-order valence-electron chi connectivity index (χ4n) is 4.29. The zero-order chi connectivity index (χ0) is 23.8. The Morgan fingerprint density at radius 3 is 2.59 bits per heavy atom. The van der Waals surface area contributed by atoms with Gasteiger partial charge in [0.1, 0.15) is 16.6 Å². The first-order valence-corrected chi connectivity index (χ1v) is 12.3.